The number of carboxylic acid groups (broad SMARTS) is 1. The Bertz CT molecular complexity index is 532. The van der Waals surface area contributed by atoms with E-state index in [1.807, 2.05) is 0 Å². The molecule has 0 unspecified atom stereocenters. The molecule has 0 atom stereocenters. The smallest absolute Gasteiger partial charge is 0.355 e. The Kier molecular flexibility index (Phi) is 3.98. The van der Waals surface area contributed by atoms with Gasteiger partial charge in [-0.05, 0) is 12.8 Å². The number of nitrogens with one attached hydrogen (secondary N) is 1. The Hall–Kier alpha value is -0.990. The number of carboxylic acids is 1. The molecule has 1 fully saturated rings. The van der Waals surface area contributed by atoms with Gasteiger partial charge in [-0.3, -0.25) is 0 Å². The van der Waals surface area contributed by atoms with Crippen LogP contribution in [0.25, 0.3) is 0 Å². The summed E-state index contributed by atoms with van der Waals surface area (Å²) in [6.45, 7) is 0.0662. The highest BCUT2D eigenvalue weighted by molar-refractivity contribution is 7.90. The van der Waals surface area contributed by atoms with Gasteiger partial charge >= 0.3 is 5.97 Å². The van der Waals surface area contributed by atoms with Crippen LogP contribution in [0.4, 0.5) is 0 Å². The molecule has 1 aromatic heterocycles. The third-order valence-electron chi connectivity index (χ3n) is 2.94. The number of hydrogen-bond donors (Lipinski definition) is 2. The highest BCUT2D eigenvalue weighted by Crippen LogP contribution is 2.24. The molecule has 1 saturated carbocycles. The first-order valence-electron chi connectivity index (χ1n) is 5.65. The van der Waals surface area contributed by atoms with Crippen molar-refractivity contribution < 1.29 is 18.3 Å². The number of aromatic carboxylic acids is 1. The van der Waals surface area contributed by atoms with Gasteiger partial charge in [-0.1, -0.05) is 12.8 Å². The number of hydrogen-bond acceptors (Lipinski definition) is 5. The van der Waals surface area contributed by atoms with Crippen molar-refractivity contribution in [3.8, 4) is 0 Å². The minimum absolute atomic E-state index is 0.0462. The molecule has 8 heteroatoms. The molecule has 1 aromatic rings. The van der Waals surface area contributed by atoms with Gasteiger partial charge in [0.25, 0.3) is 0 Å². The van der Waals surface area contributed by atoms with E-state index in [4.69, 9.17) is 5.11 Å². The van der Waals surface area contributed by atoms with E-state index in [-0.39, 0.29) is 17.5 Å². The summed E-state index contributed by atoms with van der Waals surface area (Å²) < 4.78 is 26.3. The van der Waals surface area contributed by atoms with E-state index in [9.17, 15) is 13.2 Å². The lowest BCUT2D eigenvalue weighted by atomic mass is 10.4. The fourth-order valence-electron chi connectivity index (χ4n) is 1.97. The normalized spacial score (nSPS) is 17.1. The van der Waals surface area contributed by atoms with Crippen molar-refractivity contribution in [1.82, 2.24) is 9.71 Å². The second kappa shape index (κ2) is 5.33. The van der Waals surface area contributed by atoms with E-state index in [2.05, 4.69) is 9.71 Å². The number of sulfonamides is 1. The Balaban J connectivity index is 1.96. The molecule has 1 aliphatic carbocycles. The van der Waals surface area contributed by atoms with Crippen molar-refractivity contribution in [2.24, 2.45) is 0 Å². The maximum atomic E-state index is 11.9. The van der Waals surface area contributed by atoms with Crippen LogP contribution in [-0.2, 0) is 16.6 Å². The summed E-state index contributed by atoms with van der Waals surface area (Å²) in [5.41, 5.74) is -0.0462. The van der Waals surface area contributed by atoms with Crippen LogP contribution < -0.4 is 4.72 Å². The van der Waals surface area contributed by atoms with Gasteiger partial charge in [0.1, 0.15) is 5.01 Å². The number of aromatic nitrogens is 1. The molecule has 0 bridgehead atoms. The molecule has 100 valence electrons. The zero-order valence-electron chi connectivity index (χ0n) is 9.63. The maximum Gasteiger partial charge on any atom is 0.355 e. The van der Waals surface area contributed by atoms with Crippen LogP contribution in [0, 0.1) is 0 Å². The van der Waals surface area contributed by atoms with E-state index >= 15 is 0 Å². The molecule has 0 aromatic carbocycles. The molecule has 6 nitrogen and oxygen atoms in total. The summed E-state index contributed by atoms with van der Waals surface area (Å²) in [6, 6.07) is 0. The van der Waals surface area contributed by atoms with Gasteiger partial charge < -0.3 is 5.11 Å². The quantitative estimate of drug-likeness (QED) is 0.849. The number of thiazole rings is 1. The predicted octanol–water partition coefficient (Wildman–Crippen LogP) is 1.20. The van der Waals surface area contributed by atoms with Crippen molar-refractivity contribution >= 4 is 27.3 Å². The summed E-state index contributed by atoms with van der Waals surface area (Å²) >= 11 is 1.14. The second-order valence-corrected chi connectivity index (χ2v) is 7.19. The van der Waals surface area contributed by atoms with Gasteiger partial charge in [0, 0.05) is 5.38 Å². The minimum Gasteiger partial charge on any atom is -0.476 e. The molecule has 1 heterocycles. The summed E-state index contributed by atoms with van der Waals surface area (Å²) in [4.78, 5) is 14.5. The summed E-state index contributed by atoms with van der Waals surface area (Å²) in [6.07, 6.45) is 3.30. The third kappa shape index (κ3) is 3.06. The molecule has 0 saturated heterocycles. The molecule has 0 spiro atoms. The maximum absolute atomic E-state index is 11.9. The van der Waals surface area contributed by atoms with Crippen molar-refractivity contribution in [1.29, 1.82) is 0 Å². The molecule has 2 rings (SSSR count). The van der Waals surface area contributed by atoms with Crippen LogP contribution in [0.3, 0.4) is 0 Å². The first-order chi connectivity index (χ1) is 8.49. The van der Waals surface area contributed by atoms with Crippen molar-refractivity contribution in [3.05, 3.63) is 16.1 Å². The van der Waals surface area contributed by atoms with Gasteiger partial charge in [-0.15, -0.1) is 11.3 Å². The van der Waals surface area contributed by atoms with Crippen molar-refractivity contribution in [2.45, 2.75) is 37.5 Å². The van der Waals surface area contributed by atoms with Crippen LogP contribution in [0.2, 0.25) is 0 Å². The fourth-order valence-corrected chi connectivity index (χ4v) is 4.30. The second-order valence-electron chi connectivity index (χ2n) is 4.20. The van der Waals surface area contributed by atoms with E-state index in [1.165, 1.54) is 5.38 Å². The van der Waals surface area contributed by atoms with Crippen molar-refractivity contribution in [3.63, 3.8) is 0 Å². The van der Waals surface area contributed by atoms with Crippen LogP contribution >= 0.6 is 11.3 Å². The summed E-state index contributed by atoms with van der Waals surface area (Å²) in [5, 5.41) is 10.3. The molecule has 1 aliphatic rings. The average molecular weight is 290 g/mol. The van der Waals surface area contributed by atoms with Gasteiger partial charge in [0.2, 0.25) is 10.0 Å². The predicted molar refractivity (Wildman–Crippen MR) is 67.1 cm³/mol. The largest absolute Gasteiger partial charge is 0.476 e. The Morgan fingerprint density at radius 2 is 2.17 bits per heavy atom. The number of carbonyl (C=O) groups is 1. The van der Waals surface area contributed by atoms with Crippen LogP contribution in [0.5, 0.6) is 0 Å². The van der Waals surface area contributed by atoms with Crippen LogP contribution in [0.15, 0.2) is 5.38 Å². The van der Waals surface area contributed by atoms with E-state index in [0.717, 1.165) is 24.2 Å². The third-order valence-corrected chi connectivity index (χ3v) is 5.68. The number of nitrogens with zero attached hydrogens (tertiary/aromatic N) is 1. The lowest BCUT2D eigenvalue weighted by molar-refractivity contribution is 0.0691. The lowest BCUT2D eigenvalue weighted by Crippen LogP contribution is -2.32. The lowest BCUT2D eigenvalue weighted by Gasteiger charge is -2.10. The van der Waals surface area contributed by atoms with Crippen LogP contribution in [-0.4, -0.2) is 29.7 Å². The van der Waals surface area contributed by atoms with Gasteiger partial charge in [-0.25, -0.2) is 22.9 Å². The first kappa shape index (κ1) is 13.4. The van der Waals surface area contributed by atoms with Gasteiger partial charge in [-0.2, -0.15) is 0 Å². The molecular weight excluding hydrogens is 276 g/mol. The monoisotopic (exact) mass is 290 g/mol. The highest BCUT2D eigenvalue weighted by Gasteiger charge is 2.28. The Morgan fingerprint density at radius 1 is 1.50 bits per heavy atom. The van der Waals surface area contributed by atoms with E-state index in [0.29, 0.717) is 17.8 Å². The Morgan fingerprint density at radius 3 is 2.72 bits per heavy atom. The molecular formula is C10H14N2O4S2. The fraction of sp³-hybridized carbons (Fsp3) is 0.600. The van der Waals surface area contributed by atoms with E-state index < -0.39 is 16.0 Å². The van der Waals surface area contributed by atoms with E-state index in [1.54, 1.807) is 0 Å². The van der Waals surface area contributed by atoms with Crippen molar-refractivity contribution in [2.75, 3.05) is 0 Å². The van der Waals surface area contributed by atoms with Crippen LogP contribution in [0.1, 0.15) is 41.2 Å². The SMILES string of the molecule is O=C(O)c1csc(CNS(=O)(=O)C2CCCC2)n1. The zero-order valence-corrected chi connectivity index (χ0v) is 11.3. The molecule has 0 aliphatic heterocycles. The molecule has 2 N–H and O–H groups in total. The zero-order chi connectivity index (χ0) is 13.2. The molecule has 0 radical (unpaired) electrons. The van der Waals surface area contributed by atoms with Gasteiger partial charge in [0.15, 0.2) is 5.69 Å². The Labute approximate surface area is 109 Å². The minimum atomic E-state index is -3.30. The average Bonchev–Trinajstić information content (AvgIpc) is 2.98. The molecule has 18 heavy (non-hydrogen) atoms. The highest BCUT2D eigenvalue weighted by atomic mass is 32.2. The number of rotatable bonds is 5. The topological polar surface area (TPSA) is 96.4 Å². The summed E-state index contributed by atoms with van der Waals surface area (Å²) in [5.74, 6) is -1.10. The summed E-state index contributed by atoms with van der Waals surface area (Å²) in [7, 11) is -3.30. The van der Waals surface area contributed by atoms with Gasteiger partial charge in [0.05, 0.1) is 11.8 Å². The first-order valence-corrected chi connectivity index (χ1v) is 8.08. The standard InChI is InChI=1S/C10H14N2O4S2/c13-10(14)8-6-17-9(12-8)5-11-18(15,16)7-3-1-2-4-7/h6-7,11H,1-5H2,(H,13,14). The molecule has 0 amide bonds.